The van der Waals surface area contributed by atoms with E-state index in [0.29, 0.717) is 12.5 Å². The second kappa shape index (κ2) is 6.11. The van der Waals surface area contributed by atoms with Crippen LogP contribution in [0.15, 0.2) is 24.8 Å². The minimum absolute atomic E-state index is 0.213. The van der Waals surface area contributed by atoms with Crippen LogP contribution >= 0.6 is 0 Å². The van der Waals surface area contributed by atoms with Gasteiger partial charge in [0.15, 0.2) is 0 Å². The van der Waals surface area contributed by atoms with Crippen LogP contribution in [0.25, 0.3) is 0 Å². The van der Waals surface area contributed by atoms with Crippen LogP contribution in [0.2, 0.25) is 0 Å². The highest BCUT2D eigenvalue weighted by atomic mass is 16.2. The predicted octanol–water partition coefficient (Wildman–Crippen LogP) is 0.548. The van der Waals surface area contributed by atoms with Crippen LogP contribution in [-0.2, 0) is 11.3 Å². The number of carbonyl (C=O) groups excluding carboxylic acids is 1. The minimum Gasteiger partial charge on any atom is -0.309 e. The summed E-state index contributed by atoms with van der Waals surface area (Å²) in [6.45, 7) is 4.71. The third-order valence-corrected chi connectivity index (χ3v) is 4.71. The maximum Gasteiger partial charge on any atom is 0.227 e. The molecule has 2 aliphatic rings. The number of hydrogen-bond donors (Lipinski definition) is 0. The predicted molar refractivity (Wildman–Crippen MR) is 83.9 cm³/mol. The van der Waals surface area contributed by atoms with Gasteiger partial charge in [-0.25, -0.2) is 0 Å². The average molecular weight is 315 g/mol. The molecule has 0 aliphatic carbocycles. The van der Waals surface area contributed by atoms with Crippen LogP contribution in [0.5, 0.6) is 0 Å². The van der Waals surface area contributed by atoms with Gasteiger partial charge in [0, 0.05) is 45.0 Å². The number of aromatic nitrogens is 5. The zero-order valence-corrected chi connectivity index (χ0v) is 13.1. The molecule has 0 N–H and O–H groups in total. The Morgan fingerprint density at radius 3 is 3.00 bits per heavy atom. The molecule has 1 unspecified atom stereocenters. The molecule has 0 saturated carbocycles. The van der Waals surface area contributed by atoms with Crippen molar-refractivity contribution in [2.45, 2.75) is 31.8 Å². The molecule has 0 spiro atoms. The van der Waals surface area contributed by atoms with Crippen LogP contribution in [0, 0.1) is 0 Å². The molecule has 2 aromatic rings. The molecule has 122 valence electrons. The van der Waals surface area contributed by atoms with E-state index >= 15 is 0 Å². The zero-order chi connectivity index (χ0) is 15.6. The Hall–Kier alpha value is -2.22. The van der Waals surface area contributed by atoms with E-state index < -0.39 is 0 Å². The molecule has 0 aromatic carbocycles. The Bertz CT molecular complexity index is 665. The van der Waals surface area contributed by atoms with Crippen molar-refractivity contribution in [1.82, 2.24) is 29.7 Å². The van der Waals surface area contributed by atoms with E-state index in [-0.39, 0.29) is 5.91 Å². The summed E-state index contributed by atoms with van der Waals surface area (Å²) < 4.78 is 3.88. The SMILES string of the molecule is O=C1CCCN1c1cnn(C2CCN(CCn3ccnn3)C2)c1. The highest BCUT2D eigenvalue weighted by molar-refractivity contribution is 5.95. The summed E-state index contributed by atoms with van der Waals surface area (Å²) in [5.41, 5.74) is 0.938. The lowest BCUT2D eigenvalue weighted by Crippen LogP contribution is -2.26. The Balaban J connectivity index is 1.34. The van der Waals surface area contributed by atoms with Gasteiger partial charge in [-0.1, -0.05) is 5.21 Å². The number of rotatable bonds is 5. The molecule has 4 rings (SSSR count). The molecule has 1 atom stereocenters. The van der Waals surface area contributed by atoms with E-state index in [1.807, 2.05) is 32.9 Å². The lowest BCUT2D eigenvalue weighted by Gasteiger charge is -2.16. The van der Waals surface area contributed by atoms with E-state index in [0.717, 1.165) is 51.3 Å². The molecule has 0 bridgehead atoms. The van der Waals surface area contributed by atoms with Crippen molar-refractivity contribution in [1.29, 1.82) is 0 Å². The van der Waals surface area contributed by atoms with Gasteiger partial charge >= 0.3 is 0 Å². The molecule has 1 amide bonds. The summed E-state index contributed by atoms with van der Waals surface area (Å²) in [6.07, 6.45) is 10.1. The molecule has 0 radical (unpaired) electrons. The maximum atomic E-state index is 11.8. The normalized spacial score (nSPS) is 22.3. The summed E-state index contributed by atoms with van der Waals surface area (Å²) in [7, 11) is 0. The molecular formula is C15H21N7O. The Morgan fingerprint density at radius 2 is 2.22 bits per heavy atom. The molecule has 2 aromatic heterocycles. The topological polar surface area (TPSA) is 72.1 Å². The van der Waals surface area contributed by atoms with Crippen molar-refractivity contribution in [2.24, 2.45) is 0 Å². The zero-order valence-electron chi connectivity index (χ0n) is 13.1. The number of anilines is 1. The second-order valence-electron chi connectivity index (χ2n) is 6.24. The van der Waals surface area contributed by atoms with Gasteiger partial charge in [-0.2, -0.15) is 5.10 Å². The molecule has 8 nitrogen and oxygen atoms in total. The average Bonchev–Trinajstić information content (AvgIpc) is 3.32. The van der Waals surface area contributed by atoms with Crippen LogP contribution in [-0.4, -0.2) is 61.8 Å². The van der Waals surface area contributed by atoms with Gasteiger partial charge < -0.3 is 4.90 Å². The van der Waals surface area contributed by atoms with Crippen molar-refractivity contribution in [3.05, 3.63) is 24.8 Å². The molecule has 23 heavy (non-hydrogen) atoms. The number of carbonyl (C=O) groups is 1. The fourth-order valence-corrected chi connectivity index (χ4v) is 3.42. The molecule has 8 heteroatoms. The first kappa shape index (κ1) is 14.4. The molecule has 2 fully saturated rings. The Kier molecular flexibility index (Phi) is 3.82. The van der Waals surface area contributed by atoms with Crippen molar-refractivity contribution in [3.8, 4) is 0 Å². The van der Waals surface area contributed by atoms with E-state index in [2.05, 4.69) is 20.3 Å². The fraction of sp³-hybridized carbons (Fsp3) is 0.600. The Morgan fingerprint density at radius 1 is 1.26 bits per heavy atom. The van der Waals surface area contributed by atoms with E-state index in [1.165, 1.54) is 0 Å². The van der Waals surface area contributed by atoms with Gasteiger partial charge in [0.05, 0.1) is 30.7 Å². The number of likely N-dealkylation sites (tertiary alicyclic amines) is 1. The first-order valence-corrected chi connectivity index (χ1v) is 8.20. The first-order chi connectivity index (χ1) is 11.3. The monoisotopic (exact) mass is 315 g/mol. The summed E-state index contributed by atoms with van der Waals surface area (Å²) in [5, 5.41) is 12.3. The Labute approximate surface area is 134 Å². The quantitative estimate of drug-likeness (QED) is 0.806. The van der Waals surface area contributed by atoms with Crippen LogP contribution in [0.4, 0.5) is 5.69 Å². The third-order valence-electron chi connectivity index (χ3n) is 4.71. The van der Waals surface area contributed by atoms with Crippen LogP contribution < -0.4 is 4.90 Å². The third kappa shape index (κ3) is 2.98. The lowest BCUT2D eigenvalue weighted by molar-refractivity contribution is -0.117. The maximum absolute atomic E-state index is 11.8. The van der Waals surface area contributed by atoms with Crippen molar-refractivity contribution < 1.29 is 4.79 Å². The van der Waals surface area contributed by atoms with Crippen molar-refractivity contribution in [2.75, 3.05) is 31.1 Å². The summed E-state index contributed by atoms with van der Waals surface area (Å²) in [6, 6.07) is 0.386. The number of hydrogen-bond acceptors (Lipinski definition) is 5. The highest BCUT2D eigenvalue weighted by Gasteiger charge is 2.27. The van der Waals surface area contributed by atoms with Crippen molar-refractivity contribution in [3.63, 3.8) is 0 Å². The summed E-state index contributed by atoms with van der Waals surface area (Å²) >= 11 is 0. The molecule has 2 aliphatic heterocycles. The van der Waals surface area contributed by atoms with Gasteiger partial charge in [0.2, 0.25) is 5.91 Å². The highest BCUT2D eigenvalue weighted by Crippen LogP contribution is 2.25. The molecule has 2 saturated heterocycles. The van der Waals surface area contributed by atoms with Crippen LogP contribution in [0.1, 0.15) is 25.3 Å². The summed E-state index contributed by atoms with van der Waals surface area (Å²) in [4.78, 5) is 16.1. The molecule has 4 heterocycles. The lowest BCUT2D eigenvalue weighted by atomic mass is 10.3. The summed E-state index contributed by atoms with van der Waals surface area (Å²) in [5.74, 6) is 0.213. The number of nitrogens with zero attached hydrogens (tertiary/aromatic N) is 7. The van der Waals surface area contributed by atoms with E-state index in [1.54, 1.807) is 6.20 Å². The molecular weight excluding hydrogens is 294 g/mol. The smallest absolute Gasteiger partial charge is 0.227 e. The van der Waals surface area contributed by atoms with E-state index in [4.69, 9.17) is 0 Å². The minimum atomic E-state index is 0.213. The second-order valence-corrected chi connectivity index (χ2v) is 6.24. The van der Waals surface area contributed by atoms with Gasteiger partial charge in [0.25, 0.3) is 0 Å². The fourth-order valence-electron chi connectivity index (χ4n) is 3.42. The first-order valence-electron chi connectivity index (χ1n) is 8.20. The largest absolute Gasteiger partial charge is 0.309 e. The van der Waals surface area contributed by atoms with Gasteiger partial charge in [-0.3, -0.25) is 19.1 Å². The number of amides is 1. The standard InChI is InChI=1S/C15H21N7O/c23-15-2-1-5-21(15)14-10-17-22(12-14)13-3-6-19(11-13)8-9-20-7-4-16-18-20/h4,7,10,12-13H,1-3,5-6,8-9,11H2. The van der Waals surface area contributed by atoms with Gasteiger partial charge in [0.1, 0.15) is 0 Å². The van der Waals surface area contributed by atoms with Crippen molar-refractivity contribution >= 4 is 11.6 Å². The van der Waals surface area contributed by atoms with Crippen LogP contribution in [0.3, 0.4) is 0 Å². The van der Waals surface area contributed by atoms with Gasteiger partial charge in [-0.15, -0.1) is 5.10 Å². The van der Waals surface area contributed by atoms with Gasteiger partial charge in [-0.05, 0) is 12.8 Å². The van der Waals surface area contributed by atoms with E-state index in [9.17, 15) is 4.79 Å².